The Kier molecular flexibility index (Phi) is 9.90. The number of rotatable bonds is 10. The van der Waals surface area contributed by atoms with Crippen LogP contribution in [0.15, 0.2) is 0 Å². The van der Waals surface area contributed by atoms with Crippen LogP contribution in [0.5, 0.6) is 0 Å². The molecule has 0 radical (unpaired) electrons. The zero-order valence-electron chi connectivity index (χ0n) is 14.5. The van der Waals surface area contributed by atoms with Gasteiger partial charge in [0.05, 0.1) is 0 Å². The fourth-order valence-corrected chi connectivity index (χ4v) is 2.16. The first-order chi connectivity index (χ1) is 12.3. The van der Waals surface area contributed by atoms with E-state index in [0.29, 0.717) is 0 Å². The molecule has 0 aromatic carbocycles. The van der Waals surface area contributed by atoms with E-state index in [9.17, 15) is 74.4 Å². The van der Waals surface area contributed by atoms with Crippen LogP contribution < -0.4 is 51.4 Å². The summed E-state index contributed by atoms with van der Waals surface area (Å²) in [6, 6.07) is 0. The van der Waals surface area contributed by atoms with Gasteiger partial charge in [0.1, 0.15) is 0 Å². The molecule has 0 aliphatic rings. The first kappa shape index (κ1) is 32.7. The Morgan fingerprint density at radius 2 is 0.933 bits per heavy atom. The van der Waals surface area contributed by atoms with Gasteiger partial charge < -0.3 is 4.55 Å². The monoisotopic (exact) mass is 526 g/mol. The molecule has 0 atom stereocenters. The molecule has 0 spiro atoms. The van der Waals surface area contributed by atoms with Crippen molar-refractivity contribution in [2.24, 2.45) is 0 Å². The van der Waals surface area contributed by atoms with E-state index in [-0.39, 0.29) is 51.4 Å². The first-order valence-electron chi connectivity index (χ1n) is 6.91. The second-order valence-corrected chi connectivity index (χ2v) is 7.07. The van der Waals surface area contributed by atoms with Gasteiger partial charge in [-0.2, -0.15) is 61.5 Å². The van der Waals surface area contributed by atoms with Gasteiger partial charge in [0, 0.05) is 6.42 Å². The van der Waals surface area contributed by atoms with Gasteiger partial charge >= 0.3 is 92.2 Å². The molecule has 0 aliphatic heterocycles. The van der Waals surface area contributed by atoms with E-state index in [2.05, 4.69) is 0 Å². The third-order valence-corrected chi connectivity index (χ3v) is 4.44. The van der Waals surface area contributed by atoms with Gasteiger partial charge in [-0.1, -0.05) is 13.3 Å². The van der Waals surface area contributed by atoms with Crippen LogP contribution in [0.1, 0.15) is 26.2 Å². The molecule has 0 saturated carbocycles. The second-order valence-electron chi connectivity index (χ2n) is 5.65. The van der Waals surface area contributed by atoms with Crippen molar-refractivity contribution in [3.63, 3.8) is 0 Å². The fourth-order valence-electron chi connectivity index (χ4n) is 1.72. The molecule has 0 heterocycles. The summed E-state index contributed by atoms with van der Waals surface area (Å²) in [4.78, 5) is 0. The van der Waals surface area contributed by atoms with Crippen LogP contribution in [-0.2, 0) is 10.1 Å². The van der Waals surface area contributed by atoms with Gasteiger partial charge in [-0.3, -0.25) is 0 Å². The predicted molar refractivity (Wildman–Crippen MR) is 63.9 cm³/mol. The summed E-state index contributed by atoms with van der Waals surface area (Å²) >= 11 is 0. The third kappa shape index (κ3) is 4.62. The van der Waals surface area contributed by atoms with Crippen LogP contribution in [0, 0.1) is 0 Å². The maximum atomic E-state index is 13.3. The molecule has 0 aliphatic carbocycles. The smallest absolute Gasteiger partial charge is 0.743 e. The van der Waals surface area contributed by atoms with E-state index in [1.807, 2.05) is 0 Å². The molecule has 0 unspecified atom stereocenters. The van der Waals surface area contributed by atoms with E-state index in [4.69, 9.17) is 0 Å². The zero-order chi connectivity index (χ0) is 24.1. The molecule has 176 valence electrons. The van der Waals surface area contributed by atoms with E-state index >= 15 is 0 Å². The minimum atomic E-state index is -8.42. The summed E-state index contributed by atoms with van der Waals surface area (Å²) in [7, 11) is -7.95. The van der Waals surface area contributed by atoms with Crippen LogP contribution in [0.2, 0.25) is 0 Å². The summed E-state index contributed by atoms with van der Waals surface area (Å²) in [5.41, 5.74) is 0. The van der Waals surface area contributed by atoms with Crippen LogP contribution in [0.3, 0.4) is 0 Å². The quantitative estimate of drug-likeness (QED) is 0.249. The number of unbranched alkanes of at least 4 members (excludes halogenated alkanes) is 1. The van der Waals surface area contributed by atoms with Crippen molar-refractivity contribution in [2.75, 3.05) is 0 Å². The normalized spacial score (nSPS) is 15.7. The molecule has 3 nitrogen and oxygen atoms in total. The van der Waals surface area contributed by atoms with Crippen LogP contribution >= 0.6 is 0 Å². The Balaban J connectivity index is 0. The van der Waals surface area contributed by atoms with Gasteiger partial charge in [-0.05, 0) is 6.42 Å². The summed E-state index contributed by atoms with van der Waals surface area (Å²) in [5, 5.41) is -7.72. The molecule has 0 aromatic rings. The van der Waals surface area contributed by atoms with E-state index in [1.165, 1.54) is 0 Å². The van der Waals surface area contributed by atoms with E-state index in [0.717, 1.165) is 6.92 Å². The Hall–Kier alpha value is 0.566. The Morgan fingerprint density at radius 3 is 1.23 bits per heavy atom. The van der Waals surface area contributed by atoms with Crippen LogP contribution in [-0.4, -0.2) is 53.8 Å². The van der Waals surface area contributed by atoms with Crippen molar-refractivity contribution < 1.29 is 126 Å². The molecule has 30 heavy (non-hydrogen) atoms. The number of hydrogen-bond donors (Lipinski definition) is 0. The average Bonchev–Trinajstić information content (AvgIpc) is 2.50. The SMILES string of the molecule is CCCCC(F)(F)C(F)(F)C(F)(F)C(F)(F)C(F)(F)C(F)(F)C(F)(F)S(=O)(=O)[O-].[K+]. The van der Waals surface area contributed by atoms with Gasteiger partial charge in [0.25, 0.3) is 0 Å². The van der Waals surface area contributed by atoms with Crippen molar-refractivity contribution in [2.45, 2.75) is 67.0 Å². The maximum Gasteiger partial charge on any atom is 1.00 e. The van der Waals surface area contributed by atoms with Crippen molar-refractivity contribution in [3.8, 4) is 0 Å². The van der Waals surface area contributed by atoms with Gasteiger partial charge in [-0.15, -0.1) is 0 Å². The van der Waals surface area contributed by atoms with Crippen molar-refractivity contribution in [1.82, 2.24) is 0 Å². The van der Waals surface area contributed by atoms with Crippen LogP contribution in [0.4, 0.5) is 61.5 Å². The Morgan fingerprint density at radius 1 is 0.633 bits per heavy atom. The average molecular weight is 526 g/mol. The number of halogens is 14. The number of alkyl halides is 14. The summed E-state index contributed by atoms with van der Waals surface area (Å²) in [6.07, 6.45) is -3.83. The van der Waals surface area contributed by atoms with Crippen molar-refractivity contribution >= 4 is 10.1 Å². The van der Waals surface area contributed by atoms with Crippen LogP contribution in [0.25, 0.3) is 0 Å². The summed E-state index contributed by atoms with van der Waals surface area (Å²) < 4.78 is 215. The van der Waals surface area contributed by atoms with Crippen molar-refractivity contribution in [1.29, 1.82) is 0 Å². The molecule has 0 aromatic heterocycles. The summed E-state index contributed by atoms with van der Waals surface area (Å²) in [6.45, 7) is 1.02. The van der Waals surface area contributed by atoms with Gasteiger partial charge in [-0.25, -0.2) is 8.42 Å². The first-order valence-corrected chi connectivity index (χ1v) is 8.32. The van der Waals surface area contributed by atoms with Crippen molar-refractivity contribution in [3.05, 3.63) is 0 Å². The zero-order valence-corrected chi connectivity index (χ0v) is 18.5. The topological polar surface area (TPSA) is 57.2 Å². The Labute approximate surface area is 201 Å². The molecule has 0 saturated heterocycles. The Bertz CT molecular complexity index is 706. The van der Waals surface area contributed by atoms with E-state index in [1.54, 1.807) is 0 Å². The molecule has 0 rings (SSSR count). The molecule has 0 N–H and O–H groups in total. The predicted octanol–water partition coefficient (Wildman–Crippen LogP) is 2.13. The standard InChI is InChI=1S/C11H10F14O3S.K/c1-2-3-4-5(12,13)6(14,15)7(16,17)8(18,19)9(20,21)10(22,23)11(24,25)29(26,27)28;/h2-4H2,1H3,(H,26,27,28);/q;+1/p-1. The second kappa shape index (κ2) is 9.07. The largest absolute Gasteiger partial charge is 1.00 e. The molecule has 0 amide bonds. The molecular formula is C11H9F14KO3S. The van der Waals surface area contributed by atoms with E-state index < -0.39 is 70.2 Å². The molecule has 0 fully saturated rings. The third-order valence-electron chi connectivity index (χ3n) is 3.56. The molecular weight excluding hydrogens is 517 g/mol. The minimum absolute atomic E-state index is 0. The summed E-state index contributed by atoms with van der Waals surface area (Å²) in [5.74, 6) is -46.9. The fraction of sp³-hybridized carbons (Fsp3) is 1.00. The van der Waals surface area contributed by atoms with Gasteiger partial charge in [0.2, 0.25) is 0 Å². The van der Waals surface area contributed by atoms with Gasteiger partial charge in [0.15, 0.2) is 10.1 Å². The molecule has 0 bridgehead atoms. The molecule has 19 heteroatoms. The number of hydrogen-bond acceptors (Lipinski definition) is 3. The minimum Gasteiger partial charge on any atom is -0.743 e. The maximum absolute atomic E-state index is 13.3.